The third kappa shape index (κ3) is 8.08. The van der Waals surface area contributed by atoms with E-state index >= 15 is 0 Å². The van der Waals surface area contributed by atoms with Crippen molar-refractivity contribution in [3.8, 4) is 0 Å². The van der Waals surface area contributed by atoms with Crippen molar-refractivity contribution in [2.24, 2.45) is 11.7 Å². The highest BCUT2D eigenvalue weighted by molar-refractivity contribution is 5.89. The molecule has 0 aliphatic carbocycles. The highest BCUT2D eigenvalue weighted by atomic mass is 16.5. The fourth-order valence-corrected chi connectivity index (χ4v) is 1.53. The lowest BCUT2D eigenvalue weighted by Crippen LogP contribution is -2.50. The molecule has 0 aromatic heterocycles. The van der Waals surface area contributed by atoms with Crippen molar-refractivity contribution in [3.05, 3.63) is 0 Å². The molecule has 20 heavy (non-hydrogen) atoms. The summed E-state index contributed by atoms with van der Waals surface area (Å²) in [6.45, 7) is 3.80. The van der Waals surface area contributed by atoms with Gasteiger partial charge in [0.1, 0.15) is 0 Å². The van der Waals surface area contributed by atoms with Crippen LogP contribution in [0.3, 0.4) is 0 Å². The van der Waals surface area contributed by atoms with E-state index in [0.29, 0.717) is 32.7 Å². The molecule has 0 radical (unpaired) electrons. The Balaban J connectivity index is 3.95. The highest BCUT2D eigenvalue weighted by Gasteiger charge is 2.26. The zero-order valence-electron chi connectivity index (χ0n) is 12.6. The van der Waals surface area contributed by atoms with Crippen LogP contribution in [0.4, 0.5) is 0 Å². The molecule has 0 fully saturated rings. The minimum atomic E-state index is -0.847. The van der Waals surface area contributed by atoms with E-state index in [1.807, 2.05) is 0 Å². The second-order valence-electron chi connectivity index (χ2n) is 4.59. The third-order valence-electron chi connectivity index (χ3n) is 2.90. The van der Waals surface area contributed by atoms with Crippen molar-refractivity contribution in [2.75, 3.05) is 40.5 Å². The number of nitrogens with two attached hydrogens (primary N) is 1. The van der Waals surface area contributed by atoms with E-state index in [9.17, 15) is 9.59 Å². The summed E-state index contributed by atoms with van der Waals surface area (Å²) in [4.78, 5) is 23.5. The molecule has 4 N–H and O–H groups in total. The van der Waals surface area contributed by atoms with Crippen LogP contribution >= 0.6 is 0 Å². The number of hydrogen-bond acceptors (Lipinski definition) is 5. The Labute approximate surface area is 120 Å². The Kier molecular flexibility index (Phi) is 10.9. The second-order valence-corrected chi connectivity index (χ2v) is 4.59. The van der Waals surface area contributed by atoms with E-state index in [4.69, 9.17) is 15.2 Å². The van der Waals surface area contributed by atoms with Crippen molar-refractivity contribution < 1.29 is 19.1 Å². The number of carbonyl (C=O) groups is 2. The molecule has 0 aliphatic heterocycles. The molecule has 118 valence electrons. The second kappa shape index (κ2) is 11.6. The summed E-state index contributed by atoms with van der Waals surface area (Å²) in [5.41, 5.74) is 5.78. The predicted octanol–water partition coefficient (Wildman–Crippen LogP) is -0.745. The summed E-state index contributed by atoms with van der Waals surface area (Å²) >= 11 is 0. The van der Waals surface area contributed by atoms with Gasteiger partial charge in [-0.25, -0.2) is 0 Å². The van der Waals surface area contributed by atoms with Gasteiger partial charge in [0.2, 0.25) is 11.8 Å². The normalized spacial score (nSPS) is 13.6. The topological polar surface area (TPSA) is 103 Å². The van der Waals surface area contributed by atoms with Crippen molar-refractivity contribution in [1.82, 2.24) is 10.6 Å². The SMILES string of the molecule is COCCCNC(=O)C(C)C(N)C(=O)NCCCOC. The minimum Gasteiger partial charge on any atom is -0.385 e. The molecular weight excluding hydrogens is 262 g/mol. The van der Waals surface area contributed by atoms with Crippen molar-refractivity contribution in [1.29, 1.82) is 0 Å². The molecule has 7 nitrogen and oxygen atoms in total. The Morgan fingerprint density at radius 3 is 1.90 bits per heavy atom. The molecule has 0 aromatic rings. The van der Waals surface area contributed by atoms with Crippen LogP contribution in [0.5, 0.6) is 0 Å². The zero-order valence-corrected chi connectivity index (χ0v) is 12.6. The van der Waals surface area contributed by atoms with Gasteiger partial charge < -0.3 is 25.8 Å². The average molecular weight is 289 g/mol. The Hall–Kier alpha value is -1.18. The molecular formula is C13H27N3O4. The molecule has 0 saturated heterocycles. The molecule has 2 amide bonds. The van der Waals surface area contributed by atoms with Gasteiger partial charge in [-0.2, -0.15) is 0 Å². The van der Waals surface area contributed by atoms with Gasteiger partial charge in [-0.1, -0.05) is 6.92 Å². The van der Waals surface area contributed by atoms with Crippen LogP contribution < -0.4 is 16.4 Å². The van der Waals surface area contributed by atoms with Gasteiger partial charge in [-0.3, -0.25) is 9.59 Å². The van der Waals surface area contributed by atoms with Crippen LogP contribution in [-0.4, -0.2) is 58.4 Å². The maximum Gasteiger partial charge on any atom is 0.237 e. The first-order chi connectivity index (χ1) is 9.54. The van der Waals surface area contributed by atoms with Gasteiger partial charge >= 0.3 is 0 Å². The van der Waals surface area contributed by atoms with Crippen molar-refractivity contribution >= 4 is 11.8 Å². The fourth-order valence-electron chi connectivity index (χ4n) is 1.53. The highest BCUT2D eigenvalue weighted by Crippen LogP contribution is 2.01. The lowest BCUT2D eigenvalue weighted by atomic mass is 10.0. The predicted molar refractivity (Wildman–Crippen MR) is 76.1 cm³/mol. The maximum absolute atomic E-state index is 11.8. The van der Waals surface area contributed by atoms with Gasteiger partial charge in [0.05, 0.1) is 12.0 Å². The number of carbonyl (C=O) groups excluding carboxylic acids is 2. The summed E-state index contributed by atoms with van der Waals surface area (Å²) in [6.07, 6.45) is 1.44. The van der Waals surface area contributed by atoms with Crippen LogP contribution in [0.1, 0.15) is 19.8 Å². The number of ether oxygens (including phenoxy) is 2. The fraction of sp³-hybridized carbons (Fsp3) is 0.846. The Morgan fingerprint density at radius 2 is 1.45 bits per heavy atom. The standard InChI is InChI=1S/C13H27N3O4/c1-10(12(17)15-6-4-8-19-2)11(14)13(18)16-7-5-9-20-3/h10-11H,4-9,14H2,1-3H3,(H,15,17)(H,16,18). The summed E-state index contributed by atoms with van der Waals surface area (Å²) in [6, 6.07) is -0.847. The quantitative estimate of drug-likeness (QED) is 0.435. The summed E-state index contributed by atoms with van der Waals surface area (Å²) < 4.78 is 9.76. The van der Waals surface area contributed by atoms with E-state index < -0.39 is 12.0 Å². The molecule has 2 unspecified atom stereocenters. The smallest absolute Gasteiger partial charge is 0.237 e. The zero-order chi connectivity index (χ0) is 15.4. The van der Waals surface area contributed by atoms with Crippen LogP contribution in [0.2, 0.25) is 0 Å². The number of nitrogens with one attached hydrogen (secondary N) is 2. The van der Waals surface area contributed by atoms with Crippen LogP contribution in [0.25, 0.3) is 0 Å². The van der Waals surface area contributed by atoms with E-state index in [1.165, 1.54) is 0 Å². The van der Waals surface area contributed by atoms with Crippen LogP contribution in [-0.2, 0) is 19.1 Å². The number of hydrogen-bond donors (Lipinski definition) is 3. The monoisotopic (exact) mass is 289 g/mol. The molecule has 0 rings (SSSR count). The largest absolute Gasteiger partial charge is 0.385 e. The van der Waals surface area contributed by atoms with Crippen molar-refractivity contribution in [3.63, 3.8) is 0 Å². The lowest BCUT2D eigenvalue weighted by molar-refractivity contribution is -0.131. The first kappa shape index (κ1) is 18.8. The van der Waals surface area contributed by atoms with E-state index in [-0.39, 0.29) is 11.8 Å². The summed E-state index contributed by atoms with van der Waals surface area (Å²) in [7, 11) is 3.21. The van der Waals surface area contributed by atoms with Gasteiger partial charge in [0, 0.05) is 40.5 Å². The molecule has 7 heteroatoms. The molecule has 0 saturated carbocycles. The number of methoxy groups -OCH3 is 2. The number of amides is 2. The van der Waals surface area contributed by atoms with Gasteiger partial charge in [-0.15, -0.1) is 0 Å². The van der Waals surface area contributed by atoms with E-state index in [0.717, 1.165) is 6.42 Å². The molecule has 0 spiro atoms. The summed E-state index contributed by atoms with van der Waals surface area (Å²) in [5, 5.41) is 5.42. The van der Waals surface area contributed by atoms with Gasteiger partial charge in [0.15, 0.2) is 0 Å². The molecule has 0 aromatic carbocycles. The number of rotatable bonds is 11. The van der Waals surface area contributed by atoms with Crippen molar-refractivity contribution in [2.45, 2.75) is 25.8 Å². The summed E-state index contributed by atoms with van der Waals surface area (Å²) in [5.74, 6) is -1.11. The van der Waals surface area contributed by atoms with Crippen LogP contribution in [0, 0.1) is 5.92 Å². The third-order valence-corrected chi connectivity index (χ3v) is 2.90. The molecule has 0 bridgehead atoms. The van der Waals surface area contributed by atoms with Gasteiger partial charge in [0.25, 0.3) is 0 Å². The van der Waals surface area contributed by atoms with E-state index in [2.05, 4.69) is 10.6 Å². The Morgan fingerprint density at radius 1 is 1.00 bits per heavy atom. The minimum absolute atomic E-state index is 0.222. The maximum atomic E-state index is 11.8. The molecule has 0 aliphatic rings. The Bertz CT molecular complexity index is 259. The first-order valence-electron chi connectivity index (χ1n) is 6.83. The lowest BCUT2D eigenvalue weighted by Gasteiger charge is -2.19. The molecule has 2 atom stereocenters. The van der Waals surface area contributed by atoms with Gasteiger partial charge in [-0.05, 0) is 12.8 Å². The average Bonchev–Trinajstić information content (AvgIpc) is 2.46. The first-order valence-corrected chi connectivity index (χ1v) is 6.83. The van der Waals surface area contributed by atoms with E-state index in [1.54, 1.807) is 21.1 Å². The van der Waals surface area contributed by atoms with Crippen LogP contribution in [0.15, 0.2) is 0 Å². The molecule has 0 heterocycles.